The van der Waals surface area contributed by atoms with Crippen molar-refractivity contribution in [2.45, 2.75) is 32.1 Å². The van der Waals surface area contributed by atoms with E-state index in [9.17, 15) is 18.8 Å². The lowest BCUT2D eigenvalue weighted by Crippen LogP contribution is -2.41. The Balaban J connectivity index is 1.49. The molecule has 31 heavy (non-hydrogen) atoms. The maximum atomic E-state index is 13.3. The quantitative estimate of drug-likeness (QED) is 0.627. The van der Waals surface area contributed by atoms with Gasteiger partial charge in [-0.2, -0.15) is 0 Å². The molecule has 164 valence electrons. The number of hydrogen-bond donors (Lipinski definition) is 2. The Morgan fingerprint density at radius 1 is 1.39 bits per heavy atom. The number of carbonyl (C=O) groups is 2. The van der Waals surface area contributed by atoms with Crippen LogP contribution in [0.4, 0.5) is 4.39 Å². The molecule has 0 saturated carbocycles. The summed E-state index contributed by atoms with van der Waals surface area (Å²) in [7, 11) is 1.58. The van der Waals surface area contributed by atoms with Gasteiger partial charge < -0.3 is 15.3 Å². The maximum absolute atomic E-state index is 13.3. The number of ketones is 1. The van der Waals surface area contributed by atoms with Crippen molar-refractivity contribution in [3.8, 4) is 0 Å². The number of aryl methyl sites for hydroxylation is 1. The number of piperidine rings is 1. The number of Topliss-reactive ketones (excluding diaryl/α,β-unsaturated/α-hetero) is 1. The van der Waals surface area contributed by atoms with Crippen LogP contribution >= 0.6 is 0 Å². The number of likely N-dealkylation sites (tertiary alicyclic amines) is 1. The van der Waals surface area contributed by atoms with E-state index in [4.69, 9.17) is 5.41 Å². The van der Waals surface area contributed by atoms with Crippen LogP contribution in [0.2, 0.25) is 0 Å². The fourth-order valence-corrected chi connectivity index (χ4v) is 3.89. The Morgan fingerprint density at radius 3 is 2.81 bits per heavy atom. The van der Waals surface area contributed by atoms with Gasteiger partial charge in [-0.3, -0.25) is 19.4 Å². The first kappa shape index (κ1) is 22.5. The topological polar surface area (TPSA) is 119 Å². The molecule has 1 fully saturated rings. The van der Waals surface area contributed by atoms with Crippen molar-refractivity contribution in [3.63, 3.8) is 0 Å². The van der Waals surface area contributed by atoms with Gasteiger partial charge in [0.25, 0.3) is 5.56 Å². The lowest BCUT2D eigenvalue weighted by molar-refractivity contribution is -0.135. The summed E-state index contributed by atoms with van der Waals surface area (Å²) < 4.78 is 13.3. The number of nitrogens with zero attached hydrogens (tertiary/aromatic N) is 3. The fraction of sp³-hybridized carbons (Fsp3) is 0.455. The van der Waals surface area contributed by atoms with Crippen molar-refractivity contribution in [2.24, 2.45) is 16.8 Å². The predicted octanol–water partition coefficient (Wildman–Crippen LogP) is 2.16. The molecule has 1 saturated heterocycles. The smallest absolute Gasteiger partial charge is 0.258 e. The van der Waals surface area contributed by atoms with Crippen LogP contribution in [0.25, 0.3) is 10.9 Å². The third-order valence-electron chi connectivity index (χ3n) is 5.59. The van der Waals surface area contributed by atoms with Crippen molar-refractivity contribution in [1.82, 2.24) is 14.9 Å². The van der Waals surface area contributed by atoms with Gasteiger partial charge in [0, 0.05) is 51.3 Å². The van der Waals surface area contributed by atoms with E-state index in [1.807, 2.05) is 0 Å². The summed E-state index contributed by atoms with van der Waals surface area (Å²) in [5.74, 6) is -0.781. The summed E-state index contributed by atoms with van der Waals surface area (Å²) in [5.41, 5.74) is 0.0310. The number of nitrogens with one attached hydrogen (secondary N) is 2. The van der Waals surface area contributed by atoms with E-state index in [0.717, 1.165) is 12.3 Å². The van der Waals surface area contributed by atoms with E-state index in [0.29, 0.717) is 56.5 Å². The minimum atomic E-state index is -0.592. The Labute approximate surface area is 179 Å². The lowest BCUT2D eigenvalue weighted by Gasteiger charge is -2.32. The first-order valence-corrected chi connectivity index (χ1v) is 10.4. The van der Waals surface area contributed by atoms with E-state index in [1.54, 1.807) is 11.9 Å². The SMILES string of the molecule is CN=CC(C=N)C(=O)C1CCN(C(=O)CCCc2nc3ccc(F)cc3c(=O)[nH]2)CC1. The van der Waals surface area contributed by atoms with Crippen LogP contribution in [-0.4, -0.2) is 59.1 Å². The summed E-state index contributed by atoms with van der Waals surface area (Å²) in [4.78, 5) is 49.7. The monoisotopic (exact) mass is 427 g/mol. The van der Waals surface area contributed by atoms with Crippen LogP contribution < -0.4 is 5.56 Å². The van der Waals surface area contributed by atoms with Crippen LogP contribution in [0.5, 0.6) is 0 Å². The fourth-order valence-electron chi connectivity index (χ4n) is 3.89. The van der Waals surface area contributed by atoms with Gasteiger partial charge in [-0.05, 0) is 37.5 Å². The van der Waals surface area contributed by atoms with Crippen molar-refractivity contribution in [1.29, 1.82) is 5.41 Å². The molecule has 3 rings (SSSR count). The number of aromatic amines is 1. The molecule has 1 aromatic carbocycles. The molecule has 2 aromatic rings. The largest absolute Gasteiger partial charge is 0.343 e. The highest BCUT2D eigenvalue weighted by Gasteiger charge is 2.30. The number of benzene rings is 1. The van der Waals surface area contributed by atoms with Crippen LogP contribution in [0.15, 0.2) is 28.0 Å². The summed E-state index contributed by atoms with van der Waals surface area (Å²) in [5, 5.41) is 7.59. The molecule has 1 amide bonds. The zero-order chi connectivity index (χ0) is 22.4. The second kappa shape index (κ2) is 10.2. The molecule has 1 aromatic heterocycles. The molecule has 0 bridgehead atoms. The van der Waals surface area contributed by atoms with Crippen LogP contribution in [0.1, 0.15) is 31.5 Å². The summed E-state index contributed by atoms with van der Waals surface area (Å²) in [6.07, 6.45) is 5.03. The second-order valence-corrected chi connectivity index (χ2v) is 7.68. The molecule has 0 spiro atoms. The summed E-state index contributed by atoms with van der Waals surface area (Å²) in [6.45, 7) is 1.03. The highest BCUT2D eigenvalue weighted by molar-refractivity contribution is 6.08. The van der Waals surface area contributed by atoms with Crippen LogP contribution in [0, 0.1) is 23.1 Å². The number of aliphatic imine (C=N–C) groups is 1. The Morgan fingerprint density at radius 2 is 2.13 bits per heavy atom. The van der Waals surface area contributed by atoms with Crippen LogP contribution in [-0.2, 0) is 16.0 Å². The third kappa shape index (κ3) is 5.48. The third-order valence-corrected chi connectivity index (χ3v) is 5.59. The Hall–Kier alpha value is -3.23. The first-order chi connectivity index (χ1) is 14.9. The van der Waals surface area contributed by atoms with Gasteiger partial charge in [0.2, 0.25) is 5.91 Å². The number of rotatable bonds is 8. The summed E-state index contributed by atoms with van der Waals surface area (Å²) >= 11 is 0. The molecule has 9 heteroatoms. The minimum absolute atomic E-state index is 0.00910. The number of amides is 1. The van der Waals surface area contributed by atoms with Crippen molar-refractivity contribution in [2.75, 3.05) is 20.1 Å². The number of carbonyl (C=O) groups excluding carboxylic acids is 2. The summed E-state index contributed by atoms with van der Waals surface area (Å²) in [6, 6.07) is 3.88. The number of halogens is 1. The second-order valence-electron chi connectivity index (χ2n) is 7.68. The molecular weight excluding hydrogens is 401 g/mol. The standard InChI is InChI=1S/C22H26FN5O3/c1-25-13-15(12-24)21(30)14-7-9-28(10-8-14)20(29)4-2-3-19-26-18-6-5-16(23)11-17(18)22(31)27-19/h5-6,11-15,24H,2-4,7-10H2,1H3,(H,26,27,31). The highest BCUT2D eigenvalue weighted by Crippen LogP contribution is 2.21. The van der Waals surface area contributed by atoms with Crippen molar-refractivity contribution >= 4 is 35.0 Å². The van der Waals surface area contributed by atoms with E-state index in [2.05, 4.69) is 15.0 Å². The molecule has 1 aliphatic rings. The molecule has 0 aliphatic carbocycles. The van der Waals surface area contributed by atoms with Gasteiger partial charge in [0.05, 0.1) is 16.8 Å². The normalized spacial score (nSPS) is 16.0. The van der Waals surface area contributed by atoms with E-state index >= 15 is 0 Å². The zero-order valence-electron chi connectivity index (χ0n) is 17.4. The minimum Gasteiger partial charge on any atom is -0.343 e. The Kier molecular flexibility index (Phi) is 7.38. The van der Waals surface area contributed by atoms with E-state index in [-0.39, 0.29) is 23.0 Å². The van der Waals surface area contributed by atoms with Gasteiger partial charge in [-0.15, -0.1) is 0 Å². The molecule has 1 aliphatic heterocycles. The van der Waals surface area contributed by atoms with E-state index in [1.165, 1.54) is 18.3 Å². The number of hydrogen-bond acceptors (Lipinski definition) is 6. The first-order valence-electron chi connectivity index (χ1n) is 10.4. The number of H-pyrrole nitrogens is 1. The Bertz CT molecular complexity index is 1060. The molecule has 2 N–H and O–H groups in total. The lowest BCUT2D eigenvalue weighted by atomic mass is 9.86. The molecule has 0 radical (unpaired) electrons. The number of fused-ring (bicyclic) bond motifs is 1. The van der Waals surface area contributed by atoms with Crippen molar-refractivity contribution in [3.05, 3.63) is 40.2 Å². The molecule has 1 atom stereocenters. The maximum Gasteiger partial charge on any atom is 0.258 e. The predicted molar refractivity (Wildman–Crippen MR) is 116 cm³/mol. The van der Waals surface area contributed by atoms with Crippen LogP contribution in [0.3, 0.4) is 0 Å². The molecule has 1 unspecified atom stereocenters. The van der Waals surface area contributed by atoms with Gasteiger partial charge in [0.15, 0.2) is 0 Å². The molecule has 8 nitrogen and oxygen atoms in total. The van der Waals surface area contributed by atoms with E-state index < -0.39 is 17.3 Å². The van der Waals surface area contributed by atoms with Crippen molar-refractivity contribution < 1.29 is 14.0 Å². The molecule has 2 heterocycles. The average molecular weight is 427 g/mol. The van der Waals surface area contributed by atoms with Gasteiger partial charge in [-0.25, -0.2) is 9.37 Å². The van der Waals surface area contributed by atoms with Gasteiger partial charge >= 0.3 is 0 Å². The highest BCUT2D eigenvalue weighted by atomic mass is 19.1. The average Bonchev–Trinajstić information content (AvgIpc) is 2.77. The number of aromatic nitrogens is 2. The zero-order valence-corrected chi connectivity index (χ0v) is 17.4. The van der Waals surface area contributed by atoms with Gasteiger partial charge in [-0.1, -0.05) is 0 Å². The molecular formula is C22H26FN5O3. The van der Waals surface area contributed by atoms with Gasteiger partial charge in [0.1, 0.15) is 17.4 Å².